The van der Waals surface area contributed by atoms with Crippen molar-refractivity contribution in [1.29, 1.82) is 0 Å². The predicted octanol–water partition coefficient (Wildman–Crippen LogP) is 2.30. The predicted molar refractivity (Wildman–Crippen MR) is 74.0 cm³/mol. The number of rotatable bonds is 2. The summed E-state index contributed by atoms with van der Waals surface area (Å²) in [5.74, 6) is 1.92. The summed E-state index contributed by atoms with van der Waals surface area (Å²) < 4.78 is 0. The number of nitrogens with one attached hydrogen (secondary N) is 1. The van der Waals surface area contributed by atoms with Crippen LogP contribution in [0.3, 0.4) is 0 Å². The van der Waals surface area contributed by atoms with Gasteiger partial charge in [0.05, 0.1) is 0 Å². The maximum absolute atomic E-state index is 11.9. The molecule has 18 heavy (non-hydrogen) atoms. The van der Waals surface area contributed by atoms with E-state index >= 15 is 0 Å². The molecule has 0 heterocycles. The van der Waals surface area contributed by atoms with E-state index < -0.39 is 0 Å². The number of amides is 1. The SMILES string of the molecule is CNC1C(C)CCC2CCC1CC(C)(C(N)=O)C2. The first kappa shape index (κ1) is 13.9. The van der Waals surface area contributed by atoms with Gasteiger partial charge in [-0.05, 0) is 50.5 Å². The molecule has 0 aromatic carbocycles. The zero-order valence-corrected chi connectivity index (χ0v) is 12.0. The summed E-state index contributed by atoms with van der Waals surface area (Å²) in [6, 6.07) is 0.544. The van der Waals surface area contributed by atoms with Gasteiger partial charge in [0.1, 0.15) is 0 Å². The van der Waals surface area contributed by atoms with Crippen molar-refractivity contribution >= 4 is 5.91 Å². The Morgan fingerprint density at radius 3 is 2.50 bits per heavy atom. The molecule has 2 aliphatic rings. The van der Waals surface area contributed by atoms with Gasteiger partial charge in [-0.2, -0.15) is 0 Å². The van der Waals surface area contributed by atoms with Crippen LogP contribution in [0.5, 0.6) is 0 Å². The second kappa shape index (κ2) is 5.20. The zero-order valence-electron chi connectivity index (χ0n) is 12.0. The molecule has 0 radical (unpaired) electrons. The second-order valence-electron chi connectivity index (χ2n) is 6.91. The summed E-state index contributed by atoms with van der Waals surface area (Å²) in [5.41, 5.74) is 5.40. The van der Waals surface area contributed by atoms with Gasteiger partial charge >= 0.3 is 0 Å². The molecule has 0 aromatic heterocycles. The molecule has 0 saturated heterocycles. The van der Waals surface area contributed by atoms with Crippen molar-refractivity contribution in [2.75, 3.05) is 7.05 Å². The van der Waals surface area contributed by atoms with Crippen LogP contribution in [0.25, 0.3) is 0 Å². The monoisotopic (exact) mass is 252 g/mol. The van der Waals surface area contributed by atoms with E-state index in [0.717, 1.165) is 12.8 Å². The van der Waals surface area contributed by atoms with Crippen LogP contribution < -0.4 is 11.1 Å². The van der Waals surface area contributed by atoms with Gasteiger partial charge in [0, 0.05) is 11.5 Å². The van der Waals surface area contributed by atoms with Crippen LogP contribution in [0.4, 0.5) is 0 Å². The van der Waals surface area contributed by atoms with E-state index in [4.69, 9.17) is 5.73 Å². The molecular formula is C15H28N2O. The van der Waals surface area contributed by atoms with E-state index in [-0.39, 0.29) is 11.3 Å². The fraction of sp³-hybridized carbons (Fsp3) is 0.933. The minimum absolute atomic E-state index is 0.0937. The standard InChI is InChI=1S/C15H28N2O/c1-10-4-5-11-6-7-12(13(10)17-3)9-15(2,8-11)14(16)18/h10-13,17H,4-9H2,1-3H3,(H2,16,18). The van der Waals surface area contributed by atoms with Gasteiger partial charge in [-0.1, -0.05) is 26.7 Å². The second-order valence-corrected chi connectivity index (χ2v) is 6.91. The van der Waals surface area contributed by atoms with Crippen LogP contribution in [0, 0.1) is 23.2 Å². The van der Waals surface area contributed by atoms with Crippen LogP contribution in [0.15, 0.2) is 0 Å². The van der Waals surface area contributed by atoms with Gasteiger partial charge in [0.15, 0.2) is 0 Å². The summed E-state index contributed by atoms with van der Waals surface area (Å²) >= 11 is 0. The molecule has 2 fully saturated rings. The van der Waals surface area contributed by atoms with Gasteiger partial charge in [-0.25, -0.2) is 0 Å². The van der Waals surface area contributed by atoms with Crippen molar-refractivity contribution in [2.24, 2.45) is 28.9 Å². The highest BCUT2D eigenvalue weighted by atomic mass is 16.1. The van der Waals surface area contributed by atoms with Gasteiger partial charge in [0.25, 0.3) is 0 Å². The quantitative estimate of drug-likeness (QED) is 0.792. The minimum Gasteiger partial charge on any atom is -0.369 e. The van der Waals surface area contributed by atoms with Crippen molar-refractivity contribution in [3.05, 3.63) is 0 Å². The molecule has 2 bridgehead atoms. The Balaban J connectivity index is 2.27. The van der Waals surface area contributed by atoms with Crippen molar-refractivity contribution in [3.8, 4) is 0 Å². The number of nitrogens with two attached hydrogens (primary N) is 1. The number of carbonyl (C=O) groups excluding carboxylic acids is 1. The molecule has 2 saturated carbocycles. The van der Waals surface area contributed by atoms with Gasteiger partial charge in [-0.15, -0.1) is 0 Å². The number of carbonyl (C=O) groups is 1. The Hall–Kier alpha value is -0.570. The van der Waals surface area contributed by atoms with E-state index in [1.54, 1.807) is 0 Å². The Morgan fingerprint density at radius 2 is 1.89 bits per heavy atom. The number of primary amides is 1. The first-order chi connectivity index (χ1) is 8.46. The minimum atomic E-state index is -0.287. The summed E-state index contributed by atoms with van der Waals surface area (Å²) in [6.45, 7) is 4.44. The lowest BCUT2D eigenvalue weighted by atomic mass is 9.74. The molecule has 0 spiro atoms. The lowest BCUT2D eigenvalue weighted by molar-refractivity contribution is -0.128. The Labute approximate surface area is 111 Å². The summed E-state index contributed by atoms with van der Waals surface area (Å²) in [5, 5.41) is 3.50. The zero-order chi connectivity index (χ0) is 13.3. The van der Waals surface area contributed by atoms with E-state index in [1.807, 2.05) is 0 Å². The highest BCUT2D eigenvalue weighted by Gasteiger charge is 2.43. The lowest BCUT2D eigenvalue weighted by Gasteiger charge is -2.35. The smallest absolute Gasteiger partial charge is 0.223 e. The summed E-state index contributed by atoms with van der Waals surface area (Å²) in [4.78, 5) is 11.9. The van der Waals surface area contributed by atoms with Crippen molar-refractivity contribution < 1.29 is 4.79 Å². The van der Waals surface area contributed by atoms with E-state index in [0.29, 0.717) is 23.8 Å². The molecule has 3 nitrogen and oxygen atoms in total. The van der Waals surface area contributed by atoms with Crippen molar-refractivity contribution in [2.45, 2.75) is 58.4 Å². The molecule has 5 atom stereocenters. The molecule has 2 aliphatic carbocycles. The molecule has 3 heteroatoms. The number of fused-ring (bicyclic) bond motifs is 3. The van der Waals surface area contributed by atoms with Crippen molar-refractivity contribution in [1.82, 2.24) is 5.32 Å². The van der Waals surface area contributed by atoms with Crippen LogP contribution in [0.2, 0.25) is 0 Å². The van der Waals surface area contributed by atoms with Gasteiger partial charge in [0.2, 0.25) is 5.91 Å². The molecule has 104 valence electrons. The molecule has 3 N–H and O–H groups in total. The van der Waals surface area contributed by atoms with Crippen LogP contribution in [0.1, 0.15) is 52.4 Å². The largest absolute Gasteiger partial charge is 0.369 e. The topological polar surface area (TPSA) is 55.1 Å². The first-order valence-corrected chi connectivity index (χ1v) is 7.43. The van der Waals surface area contributed by atoms with Gasteiger partial charge < -0.3 is 11.1 Å². The van der Waals surface area contributed by atoms with E-state index in [2.05, 4.69) is 26.2 Å². The Kier molecular flexibility index (Phi) is 4.00. The van der Waals surface area contributed by atoms with E-state index in [1.165, 1.54) is 25.7 Å². The van der Waals surface area contributed by atoms with Gasteiger partial charge in [-0.3, -0.25) is 4.79 Å². The lowest BCUT2D eigenvalue weighted by Crippen LogP contribution is -2.43. The van der Waals surface area contributed by atoms with Crippen LogP contribution in [-0.2, 0) is 4.79 Å². The number of hydrogen-bond donors (Lipinski definition) is 2. The molecule has 0 aliphatic heterocycles. The average Bonchev–Trinajstić information content (AvgIpc) is 2.44. The maximum Gasteiger partial charge on any atom is 0.223 e. The Bertz CT molecular complexity index is 318. The molecular weight excluding hydrogens is 224 g/mol. The maximum atomic E-state index is 11.9. The number of hydrogen-bond acceptors (Lipinski definition) is 2. The van der Waals surface area contributed by atoms with Crippen molar-refractivity contribution in [3.63, 3.8) is 0 Å². The van der Waals surface area contributed by atoms with Crippen LogP contribution in [-0.4, -0.2) is 19.0 Å². The molecule has 0 aromatic rings. The fourth-order valence-corrected chi connectivity index (χ4v) is 4.37. The van der Waals surface area contributed by atoms with Crippen LogP contribution >= 0.6 is 0 Å². The third-order valence-corrected chi connectivity index (χ3v) is 5.48. The third kappa shape index (κ3) is 2.56. The average molecular weight is 252 g/mol. The molecule has 5 unspecified atom stereocenters. The summed E-state index contributed by atoms with van der Waals surface area (Å²) in [6.07, 6.45) is 7.04. The first-order valence-electron chi connectivity index (χ1n) is 7.43. The highest BCUT2D eigenvalue weighted by molar-refractivity contribution is 5.80. The summed E-state index contributed by atoms with van der Waals surface area (Å²) in [7, 11) is 2.06. The fourth-order valence-electron chi connectivity index (χ4n) is 4.37. The highest BCUT2D eigenvalue weighted by Crippen LogP contribution is 2.46. The molecule has 1 amide bonds. The third-order valence-electron chi connectivity index (χ3n) is 5.48. The molecule has 2 rings (SSSR count). The Morgan fingerprint density at radius 1 is 1.22 bits per heavy atom. The normalized spacial score (nSPS) is 45.1. The van der Waals surface area contributed by atoms with E-state index in [9.17, 15) is 4.79 Å².